The van der Waals surface area contributed by atoms with Crippen LogP contribution in [0.15, 0.2) is 53.6 Å². The minimum atomic E-state index is -0.165. The third-order valence-corrected chi connectivity index (χ3v) is 7.17. The molecule has 2 heterocycles. The summed E-state index contributed by atoms with van der Waals surface area (Å²) in [4.78, 5) is 28.4. The highest BCUT2D eigenvalue weighted by Crippen LogP contribution is 2.36. The Morgan fingerprint density at radius 3 is 2.19 bits per heavy atom. The first-order chi connectivity index (χ1) is 15.0. The summed E-state index contributed by atoms with van der Waals surface area (Å²) in [5.41, 5.74) is 1.93. The third kappa shape index (κ3) is 4.34. The van der Waals surface area contributed by atoms with Crippen LogP contribution in [0.4, 0.5) is 0 Å². The average Bonchev–Trinajstić information content (AvgIpc) is 3.37. The van der Waals surface area contributed by atoms with E-state index in [9.17, 15) is 9.59 Å². The Balaban J connectivity index is 1.44. The first kappa shape index (κ1) is 21.5. The van der Waals surface area contributed by atoms with Crippen LogP contribution in [0.2, 0.25) is 0 Å². The lowest BCUT2D eigenvalue weighted by Crippen LogP contribution is -2.30. The van der Waals surface area contributed by atoms with Crippen LogP contribution < -0.4 is 9.47 Å². The van der Waals surface area contributed by atoms with Gasteiger partial charge in [0.1, 0.15) is 21.5 Å². The van der Waals surface area contributed by atoms with Crippen molar-refractivity contribution in [1.29, 1.82) is 0 Å². The van der Waals surface area contributed by atoms with Gasteiger partial charge < -0.3 is 9.47 Å². The van der Waals surface area contributed by atoms with Crippen molar-refractivity contribution < 1.29 is 19.1 Å². The first-order valence-electron chi connectivity index (χ1n) is 9.30. The van der Waals surface area contributed by atoms with Crippen molar-refractivity contribution in [2.75, 3.05) is 20.0 Å². The highest BCUT2D eigenvalue weighted by molar-refractivity contribution is 8.00. The Hall–Kier alpha value is -2.75. The molecule has 0 spiro atoms. The molecule has 6 nitrogen and oxygen atoms in total. The van der Waals surface area contributed by atoms with Gasteiger partial charge in [-0.05, 0) is 60.1 Å². The summed E-state index contributed by atoms with van der Waals surface area (Å²) < 4.78 is 14.7. The second-order valence-corrected chi connectivity index (χ2v) is 8.86. The van der Waals surface area contributed by atoms with Crippen LogP contribution in [0.5, 0.6) is 11.5 Å². The number of ether oxygens (including phenoxy) is 2. The van der Waals surface area contributed by atoms with Gasteiger partial charge in [-0.2, -0.15) is 4.37 Å². The summed E-state index contributed by atoms with van der Waals surface area (Å²) in [5.74, 6) is 1.45. The zero-order valence-electron chi connectivity index (χ0n) is 16.8. The van der Waals surface area contributed by atoms with Crippen LogP contribution in [0.3, 0.4) is 0 Å². The number of thioether (sulfide) groups is 1. The predicted octanol–water partition coefficient (Wildman–Crippen LogP) is 4.47. The lowest BCUT2D eigenvalue weighted by Gasteiger charge is -2.16. The lowest BCUT2D eigenvalue weighted by atomic mass is 10.1. The molecular weight excluding hydrogens is 452 g/mol. The second kappa shape index (κ2) is 9.17. The number of rotatable bonds is 7. The fraction of sp³-hybridized carbons (Fsp3) is 0.182. The molecule has 0 unspecified atom stereocenters. The van der Waals surface area contributed by atoms with Crippen molar-refractivity contribution in [2.45, 2.75) is 11.6 Å². The Kier molecular flexibility index (Phi) is 6.35. The quantitative estimate of drug-likeness (QED) is 0.287. The summed E-state index contributed by atoms with van der Waals surface area (Å²) >= 11 is 8.25. The molecule has 0 bridgehead atoms. The van der Waals surface area contributed by atoms with Gasteiger partial charge in [0.15, 0.2) is 5.78 Å². The number of ketones is 1. The molecule has 31 heavy (non-hydrogen) atoms. The lowest BCUT2D eigenvalue weighted by molar-refractivity contribution is 0.0849. The number of hydrogen-bond donors (Lipinski definition) is 0. The standard InChI is InChI=1S/C22H18N2O4S3/c1-27-15-7-3-13(4-8-15)17(25)12-30-20-19-18(31-23-20)11-24(22(19)29)21(26)14-5-9-16(28-2)10-6-14/h3-10H,11-12H2,1-2H3. The van der Waals surface area contributed by atoms with Crippen LogP contribution >= 0.6 is 35.5 Å². The number of carbonyl (C=O) groups excluding carboxylic acids is 2. The molecule has 0 saturated carbocycles. The zero-order valence-corrected chi connectivity index (χ0v) is 19.2. The number of fused-ring (bicyclic) bond motifs is 1. The summed E-state index contributed by atoms with van der Waals surface area (Å²) in [6.45, 7) is 0.393. The number of methoxy groups -OCH3 is 2. The molecule has 0 radical (unpaired) electrons. The molecule has 0 saturated heterocycles. The third-order valence-electron chi connectivity index (χ3n) is 4.83. The molecule has 3 aromatic rings. The molecule has 2 aromatic carbocycles. The molecule has 9 heteroatoms. The van der Waals surface area contributed by atoms with Gasteiger partial charge in [-0.15, -0.1) is 0 Å². The topological polar surface area (TPSA) is 68.7 Å². The molecule has 1 aliphatic rings. The number of carbonyl (C=O) groups is 2. The van der Waals surface area contributed by atoms with Crippen LogP contribution in [-0.4, -0.2) is 45.9 Å². The maximum atomic E-state index is 12.9. The van der Waals surface area contributed by atoms with Crippen molar-refractivity contribution in [3.8, 4) is 11.5 Å². The summed E-state index contributed by atoms with van der Waals surface area (Å²) in [6, 6.07) is 13.9. The minimum Gasteiger partial charge on any atom is -0.497 e. The molecule has 0 N–H and O–H groups in total. The largest absolute Gasteiger partial charge is 0.497 e. The van der Waals surface area contributed by atoms with Gasteiger partial charge in [0.25, 0.3) is 5.91 Å². The molecule has 1 aliphatic heterocycles. The van der Waals surface area contributed by atoms with E-state index in [1.807, 2.05) is 0 Å². The number of amides is 1. The van der Waals surface area contributed by atoms with Crippen molar-refractivity contribution in [3.05, 3.63) is 70.1 Å². The Morgan fingerprint density at radius 1 is 1.03 bits per heavy atom. The smallest absolute Gasteiger partial charge is 0.259 e. The number of benzene rings is 2. The monoisotopic (exact) mass is 470 g/mol. The van der Waals surface area contributed by atoms with Gasteiger partial charge in [-0.3, -0.25) is 14.5 Å². The molecule has 1 aromatic heterocycles. The van der Waals surface area contributed by atoms with Gasteiger partial charge in [-0.25, -0.2) is 0 Å². The van der Waals surface area contributed by atoms with Crippen LogP contribution in [0, 0.1) is 0 Å². The van der Waals surface area contributed by atoms with Gasteiger partial charge in [0, 0.05) is 11.1 Å². The van der Waals surface area contributed by atoms with Gasteiger partial charge in [0.2, 0.25) is 0 Å². The Labute approximate surface area is 193 Å². The van der Waals surface area contributed by atoms with E-state index in [-0.39, 0.29) is 17.4 Å². The number of nitrogens with zero attached hydrogens (tertiary/aromatic N) is 2. The van der Waals surface area contributed by atoms with E-state index in [0.29, 0.717) is 39.2 Å². The fourth-order valence-corrected chi connectivity index (χ4v) is 5.56. The number of Topliss-reactive ketones (excluding diaryl/α,β-unsaturated/α-hetero) is 1. The van der Waals surface area contributed by atoms with Crippen LogP contribution in [0.1, 0.15) is 31.2 Å². The summed E-state index contributed by atoms with van der Waals surface area (Å²) in [6.07, 6.45) is 0. The fourth-order valence-electron chi connectivity index (χ4n) is 3.12. The maximum Gasteiger partial charge on any atom is 0.259 e. The maximum absolute atomic E-state index is 12.9. The van der Waals surface area contributed by atoms with E-state index >= 15 is 0 Å². The van der Waals surface area contributed by atoms with E-state index in [4.69, 9.17) is 21.7 Å². The molecular formula is C22H18N2O4S3. The molecule has 0 aliphatic carbocycles. The normalized spacial score (nSPS) is 12.6. The Bertz CT molecular complexity index is 1140. The van der Waals surface area contributed by atoms with Crippen molar-refractivity contribution in [2.24, 2.45) is 0 Å². The van der Waals surface area contributed by atoms with Crippen LogP contribution in [0.25, 0.3) is 0 Å². The second-order valence-electron chi connectivity index (χ2n) is 6.65. The predicted molar refractivity (Wildman–Crippen MR) is 125 cm³/mol. The van der Waals surface area contributed by atoms with Gasteiger partial charge >= 0.3 is 0 Å². The van der Waals surface area contributed by atoms with Gasteiger partial charge in [0.05, 0.1) is 37.0 Å². The van der Waals surface area contributed by atoms with E-state index in [0.717, 1.165) is 10.4 Å². The summed E-state index contributed by atoms with van der Waals surface area (Å²) in [5, 5.41) is 0.692. The molecule has 0 atom stereocenters. The summed E-state index contributed by atoms with van der Waals surface area (Å²) in [7, 11) is 3.16. The van der Waals surface area contributed by atoms with Crippen molar-refractivity contribution in [1.82, 2.24) is 9.27 Å². The van der Waals surface area contributed by atoms with Crippen molar-refractivity contribution in [3.63, 3.8) is 0 Å². The van der Waals surface area contributed by atoms with E-state index < -0.39 is 0 Å². The molecule has 4 rings (SSSR count). The van der Waals surface area contributed by atoms with E-state index in [2.05, 4.69) is 4.37 Å². The number of thiocarbonyl (C=S) groups is 1. The van der Waals surface area contributed by atoms with Gasteiger partial charge in [-0.1, -0.05) is 24.0 Å². The molecule has 0 fully saturated rings. The minimum absolute atomic E-state index is 0.00974. The Morgan fingerprint density at radius 2 is 1.61 bits per heavy atom. The number of aromatic nitrogens is 1. The molecule has 1 amide bonds. The van der Waals surface area contributed by atoms with Crippen LogP contribution in [-0.2, 0) is 6.54 Å². The molecule has 158 valence electrons. The highest BCUT2D eigenvalue weighted by Gasteiger charge is 2.34. The number of hydrogen-bond acceptors (Lipinski definition) is 8. The first-order valence-corrected chi connectivity index (χ1v) is 11.5. The van der Waals surface area contributed by atoms with E-state index in [1.165, 1.54) is 23.3 Å². The SMILES string of the molecule is COc1ccc(C(=O)CSc2nsc3c2C(=S)N(C(=O)c2ccc(OC)cc2)C3)cc1. The zero-order chi connectivity index (χ0) is 22.0. The average molecular weight is 471 g/mol. The highest BCUT2D eigenvalue weighted by atomic mass is 32.2. The van der Waals surface area contributed by atoms with Crippen molar-refractivity contribution >= 4 is 52.2 Å². The van der Waals surface area contributed by atoms with E-state index in [1.54, 1.807) is 67.7 Å².